The fourth-order valence-electron chi connectivity index (χ4n) is 3.70. The number of aliphatic hydroxyl groups excluding tert-OH is 1. The molecule has 0 amide bonds. The van der Waals surface area contributed by atoms with E-state index in [9.17, 15) is 17.9 Å². The maximum atomic E-state index is 13.4. The fraction of sp³-hybridized carbons (Fsp3) is 0.120. The summed E-state index contributed by atoms with van der Waals surface area (Å²) in [5.41, 5.74) is 2.80. The zero-order valence-electron chi connectivity index (χ0n) is 16.6. The van der Waals surface area contributed by atoms with Crippen molar-refractivity contribution in [1.29, 1.82) is 0 Å². The number of benzene rings is 4. The van der Waals surface area contributed by atoms with E-state index in [0.29, 0.717) is 11.1 Å². The lowest BCUT2D eigenvalue weighted by molar-refractivity contribution is 0.196. The smallest absolute Gasteiger partial charge is 0.207 e. The van der Waals surface area contributed by atoms with Crippen molar-refractivity contribution < 1.29 is 17.9 Å². The summed E-state index contributed by atoms with van der Waals surface area (Å²) in [5.74, 6) is -0.290. The van der Waals surface area contributed by atoms with Gasteiger partial charge in [0.2, 0.25) is 9.84 Å². The van der Waals surface area contributed by atoms with Crippen molar-refractivity contribution in [2.24, 2.45) is 0 Å². The number of aryl methyl sites for hydroxylation is 1. The third kappa shape index (κ3) is 3.62. The fourth-order valence-corrected chi connectivity index (χ4v) is 5.51. The molecule has 0 fully saturated rings. The Morgan fingerprint density at radius 3 is 2.17 bits per heavy atom. The lowest BCUT2D eigenvalue weighted by Crippen LogP contribution is -2.09. The minimum atomic E-state index is -3.81. The van der Waals surface area contributed by atoms with Gasteiger partial charge in [0.1, 0.15) is 5.82 Å². The molecular formula is C25H21FO3S. The lowest BCUT2D eigenvalue weighted by Gasteiger charge is -2.16. The number of rotatable bonds is 4. The molecule has 0 bridgehead atoms. The molecule has 0 saturated heterocycles. The molecule has 0 aliphatic carbocycles. The van der Waals surface area contributed by atoms with Crippen LogP contribution in [0.2, 0.25) is 0 Å². The van der Waals surface area contributed by atoms with Crippen LogP contribution in [0, 0.1) is 12.7 Å². The van der Waals surface area contributed by atoms with E-state index >= 15 is 0 Å². The summed E-state index contributed by atoms with van der Waals surface area (Å²) in [6.07, 6.45) is -0.895. The molecule has 4 aromatic rings. The van der Waals surface area contributed by atoms with Crippen LogP contribution in [0.4, 0.5) is 4.39 Å². The van der Waals surface area contributed by atoms with Gasteiger partial charge in [0, 0.05) is 0 Å². The van der Waals surface area contributed by atoms with E-state index in [1.54, 1.807) is 62.4 Å². The average Bonchev–Trinajstić information content (AvgIpc) is 2.73. The molecule has 0 aliphatic heterocycles. The maximum Gasteiger partial charge on any atom is 0.207 e. The number of hydrogen-bond donors (Lipinski definition) is 1. The van der Waals surface area contributed by atoms with Crippen molar-refractivity contribution in [2.45, 2.75) is 29.7 Å². The average molecular weight is 421 g/mol. The van der Waals surface area contributed by atoms with Crippen LogP contribution in [-0.2, 0) is 9.84 Å². The van der Waals surface area contributed by atoms with E-state index in [-0.39, 0.29) is 15.6 Å². The van der Waals surface area contributed by atoms with Crippen molar-refractivity contribution in [3.05, 3.63) is 95.8 Å². The number of hydrogen-bond acceptors (Lipinski definition) is 3. The molecule has 30 heavy (non-hydrogen) atoms. The van der Waals surface area contributed by atoms with Crippen LogP contribution >= 0.6 is 0 Å². The SMILES string of the molecule is Cc1cccc([C@H](C)O)c1S(=O)(=O)c1ccc2cc(-c3ccc(F)cc3)ccc2c1. The first-order valence-corrected chi connectivity index (χ1v) is 11.1. The van der Waals surface area contributed by atoms with Gasteiger partial charge in [-0.1, -0.05) is 48.5 Å². The highest BCUT2D eigenvalue weighted by atomic mass is 32.2. The highest BCUT2D eigenvalue weighted by molar-refractivity contribution is 7.91. The molecule has 5 heteroatoms. The summed E-state index contributed by atoms with van der Waals surface area (Å²) in [6, 6.07) is 22.1. The van der Waals surface area contributed by atoms with Crippen LogP contribution in [0.1, 0.15) is 24.2 Å². The number of halogens is 1. The summed E-state index contributed by atoms with van der Waals surface area (Å²) in [5, 5.41) is 11.8. The molecule has 0 aromatic heterocycles. The van der Waals surface area contributed by atoms with Gasteiger partial charge in [-0.25, -0.2) is 12.8 Å². The van der Waals surface area contributed by atoms with Gasteiger partial charge in [0.25, 0.3) is 0 Å². The van der Waals surface area contributed by atoms with Crippen LogP contribution in [0.3, 0.4) is 0 Å². The Labute approximate surface area is 175 Å². The first-order chi connectivity index (χ1) is 14.3. The van der Waals surface area contributed by atoms with Gasteiger partial charge >= 0.3 is 0 Å². The van der Waals surface area contributed by atoms with Crippen LogP contribution in [0.5, 0.6) is 0 Å². The summed E-state index contributed by atoms with van der Waals surface area (Å²) in [6.45, 7) is 3.29. The third-order valence-corrected chi connectivity index (χ3v) is 7.23. The minimum Gasteiger partial charge on any atom is -0.389 e. The lowest BCUT2D eigenvalue weighted by atomic mass is 10.0. The second-order valence-corrected chi connectivity index (χ2v) is 9.29. The van der Waals surface area contributed by atoms with Crippen molar-refractivity contribution in [3.8, 4) is 11.1 Å². The van der Waals surface area contributed by atoms with Crippen LogP contribution in [0.15, 0.2) is 88.7 Å². The zero-order valence-corrected chi connectivity index (χ0v) is 17.4. The van der Waals surface area contributed by atoms with Crippen molar-refractivity contribution in [1.82, 2.24) is 0 Å². The second-order valence-electron chi connectivity index (χ2n) is 7.40. The molecular weight excluding hydrogens is 399 g/mol. The third-order valence-electron chi connectivity index (χ3n) is 5.26. The molecule has 0 saturated carbocycles. The Bertz CT molecular complexity index is 1340. The molecule has 0 aliphatic rings. The zero-order chi connectivity index (χ0) is 21.5. The monoisotopic (exact) mass is 420 g/mol. The van der Waals surface area contributed by atoms with Crippen LogP contribution < -0.4 is 0 Å². The number of aliphatic hydroxyl groups is 1. The van der Waals surface area contributed by atoms with Gasteiger partial charge in [-0.05, 0) is 77.2 Å². The number of fused-ring (bicyclic) bond motifs is 1. The van der Waals surface area contributed by atoms with Gasteiger partial charge in [0.15, 0.2) is 0 Å². The van der Waals surface area contributed by atoms with Gasteiger partial charge in [-0.2, -0.15) is 0 Å². The highest BCUT2D eigenvalue weighted by Crippen LogP contribution is 2.33. The van der Waals surface area contributed by atoms with Gasteiger partial charge in [-0.15, -0.1) is 0 Å². The van der Waals surface area contributed by atoms with Crippen molar-refractivity contribution in [3.63, 3.8) is 0 Å². The van der Waals surface area contributed by atoms with Crippen molar-refractivity contribution in [2.75, 3.05) is 0 Å². The van der Waals surface area contributed by atoms with E-state index in [1.807, 2.05) is 18.2 Å². The van der Waals surface area contributed by atoms with Crippen LogP contribution in [0.25, 0.3) is 21.9 Å². The molecule has 0 heterocycles. The largest absolute Gasteiger partial charge is 0.389 e. The van der Waals surface area contributed by atoms with Crippen LogP contribution in [-0.4, -0.2) is 13.5 Å². The predicted octanol–water partition coefficient (Wildman–Crippen LogP) is 5.84. The van der Waals surface area contributed by atoms with Crippen molar-refractivity contribution >= 4 is 20.6 Å². The Balaban J connectivity index is 1.81. The first kappa shape index (κ1) is 20.3. The van der Waals surface area contributed by atoms with E-state index < -0.39 is 15.9 Å². The molecule has 152 valence electrons. The second kappa shape index (κ2) is 7.67. The Morgan fingerprint density at radius 2 is 1.47 bits per heavy atom. The summed E-state index contributed by atoms with van der Waals surface area (Å²) in [7, 11) is -3.81. The van der Waals surface area contributed by atoms with E-state index in [0.717, 1.165) is 21.9 Å². The molecule has 1 N–H and O–H groups in total. The maximum absolute atomic E-state index is 13.4. The summed E-state index contributed by atoms with van der Waals surface area (Å²) < 4.78 is 40.0. The Morgan fingerprint density at radius 1 is 0.833 bits per heavy atom. The number of sulfone groups is 1. The highest BCUT2D eigenvalue weighted by Gasteiger charge is 2.25. The van der Waals surface area contributed by atoms with Gasteiger partial charge in [-0.3, -0.25) is 0 Å². The Kier molecular flexibility index (Phi) is 5.18. The molecule has 0 spiro atoms. The molecule has 0 unspecified atom stereocenters. The molecule has 3 nitrogen and oxygen atoms in total. The molecule has 4 aromatic carbocycles. The van der Waals surface area contributed by atoms with Gasteiger partial charge < -0.3 is 5.11 Å². The standard InChI is InChI=1S/C25H21FO3S/c1-16-4-3-5-24(17(2)27)25(16)30(28,29)23-13-10-20-14-19(6-7-21(20)15-23)18-8-11-22(26)12-9-18/h3-15,17,27H,1-2H3/t17-/m0/s1. The van der Waals surface area contributed by atoms with E-state index in [4.69, 9.17) is 0 Å². The summed E-state index contributed by atoms with van der Waals surface area (Å²) >= 11 is 0. The van der Waals surface area contributed by atoms with E-state index in [1.165, 1.54) is 12.1 Å². The quantitative estimate of drug-likeness (QED) is 0.451. The molecule has 1 atom stereocenters. The molecule has 0 radical (unpaired) electrons. The summed E-state index contributed by atoms with van der Waals surface area (Å²) in [4.78, 5) is 0.336. The normalized spacial score (nSPS) is 12.8. The molecule has 4 rings (SSSR count). The van der Waals surface area contributed by atoms with Gasteiger partial charge in [0.05, 0.1) is 15.9 Å². The first-order valence-electron chi connectivity index (χ1n) is 9.60. The Hall–Kier alpha value is -3.02. The predicted molar refractivity (Wildman–Crippen MR) is 117 cm³/mol. The van der Waals surface area contributed by atoms with E-state index in [2.05, 4.69) is 0 Å². The topological polar surface area (TPSA) is 54.4 Å². The minimum absolute atomic E-state index is 0.155.